The summed E-state index contributed by atoms with van der Waals surface area (Å²) in [6.45, 7) is 2.79. The summed E-state index contributed by atoms with van der Waals surface area (Å²) in [7, 11) is 0. The number of ether oxygens (including phenoxy) is 1. The summed E-state index contributed by atoms with van der Waals surface area (Å²) < 4.78 is 5.67. The topological polar surface area (TPSA) is 45.9 Å². The normalized spacial score (nSPS) is 10.5. The Labute approximate surface area is 131 Å². The van der Waals surface area contributed by atoms with Gasteiger partial charge in [0, 0.05) is 11.8 Å². The third-order valence-corrected chi connectivity index (χ3v) is 3.30. The van der Waals surface area contributed by atoms with Gasteiger partial charge in [-0.1, -0.05) is 44.1 Å². The Hall–Kier alpha value is -2.60. The lowest BCUT2D eigenvalue weighted by Gasteiger charge is -2.05. The zero-order chi connectivity index (χ0) is 15.6. The second-order valence-corrected chi connectivity index (χ2v) is 4.99. The van der Waals surface area contributed by atoms with E-state index in [4.69, 9.17) is 10.00 Å². The number of rotatable bonds is 7. The van der Waals surface area contributed by atoms with Crippen LogP contribution >= 0.6 is 0 Å². The maximum absolute atomic E-state index is 8.75. The van der Waals surface area contributed by atoms with Crippen LogP contribution in [0.4, 0.5) is 0 Å². The van der Waals surface area contributed by atoms with E-state index < -0.39 is 0 Å². The van der Waals surface area contributed by atoms with Crippen molar-refractivity contribution < 1.29 is 4.74 Å². The Morgan fingerprint density at radius 1 is 1.09 bits per heavy atom. The van der Waals surface area contributed by atoms with Crippen LogP contribution in [0.15, 0.2) is 54.7 Å². The van der Waals surface area contributed by atoms with E-state index in [9.17, 15) is 0 Å². The molecule has 2 aromatic rings. The smallest absolute Gasteiger partial charge is 0.140 e. The van der Waals surface area contributed by atoms with E-state index in [-0.39, 0.29) is 0 Å². The maximum atomic E-state index is 8.75. The molecule has 0 radical (unpaired) electrons. The summed E-state index contributed by atoms with van der Waals surface area (Å²) in [5.41, 5.74) is 2.48. The minimum atomic E-state index is 0.429. The average molecular weight is 292 g/mol. The second kappa shape index (κ2) is 8.63. The van der Waals surface area contributed by atoms with Gasteiger partial charge in [-0.25, -0.2) is 4.98 Å². The van der Waals surface area contributed by atoms with Crippen molar-refractivity contribution in [3.63, 3.8) is 0 Å². The summed E-state index contributed by atoms with van der Waals surface area (Å²) in [6, 6.07) is 13.5. The van der Waals surface area contributed by atoms with Gasteiger partial charge in [-0.15, -0.1) is 0 Å². The van der Waals surface area contributed by atoms with Crippen molar-refractivity contribution in [1.29, 1.82) is 5.26 Å². The molecule has 0 atom stereocenters. The highest BCUT2D eigenvalue weighted by Crippen LogP contribution is 2.21. The number of hydrogen-bond acceptors (Lipinski definition) is 3. The van der Waals surface area contributed by atoms with E-state index in [0.29, 0.717) is 12.3 Å². The molecule has 2 rings (SSSR count). The third kappa shape index (κ3) is 4.75. The molecule has 1 aromatic heterocycles. The van der Waals surface area contributed by atoms with Gasteiger partial charge in [0.15, 0.2) is 0 Å². The van der Waals surface area contributed by atoms with E-state index in [1.807, 2.05) is 36.4 Å². The molecule has 3 heteroatoms. The van der Waals surface area contributed by atoms with Gasteiger partial charge >= 0.3 is 0 Å². The molecule has 0 saturated carbocycles. The Morgan fingerprint density at radius 2 is 1.86 bits per heavy atom. The molecule has 1 heterocycles. The molecule has 0 fully saturated rings. The number of benzene rings is 1. The Bertz CT molecular complexity index is 637. The molecule has 1 aromatic carbocycles. The average Bonchev–Trinajstić information content (AvgIpc) is 2.59. The van der Waals surface area contributed by atoms with Crippen molar-refractivity contribution >= 4 is 0 Å². The number of aromatic nitrogens is 1. The van der Waals surface area contributed by atoms with E-state index >= 15 is 0 Å². The lowest BCUT2D eigenvalue weighted by atomic mass is 10.1. The molecule has 0 unspecified atom stereocenters. The lowest BCUT2D eigenvalue weighted by molar-refractivity contribution is 0.362. The molecular weight excluding hydrogens is 272 g/mol. The number of hydrogen-bond donors (Lipinski definition) is 0. The predicted octanol–water partition coefficient (Wildman–Crippen LogP) is 4.75. The van der Waals surface area contributed by atoms with Crippen LogP contribution in [0.5, 0.6) is 5.75 Å². The quantitative estimate of drug-likeness (QED) is 0.546. The van der Waals surface area contributed by atoms with E-state index in [1.54, 1.807) is 12.3 Å². The first-order chi connectivity index (χ1) is 10.8. The van der Waals surface area contributed by atoms with Crippen molar-refractivity contribution in [3.8, 4) is 22.9 Å². The van der Waals surface area contributed by atoms with Gasteiger partial charge in [0.1, 0.15) is 24.1 Å². The molecule has 0 spiro atoms. The Balaban J connectivity index is 1.89. The minimum absolute atomic E-state index is 0.429. The predicted molar refractivity (Wildman–Crippen MR) is 88.5 cm³/mol. The summed E-state index contributed by atoms with van der Waals surface area (Å²) in [4.78, 5) is 4.08. The van der Waals surface area contributed by atoms with Gasteiger partial charge < -0.3 is 4.74 Å². The number of pyridine rings is 1. The summed E-state index contributed by atoms with van der Waals surface area (Å²) in [6.07, 6.45) is 9.50. The van der Waals surface area contributed by atoms with Gasteiger partial charge in [-0.2, -0.15) is 5.26 Å². The van der Waals surface area contributed by atoms with Crippen LogP contribution < -0.4 is 4.74 Å². The number of nitriles is 1. The van der Waals surface area contributed by atoms with Crippen LogP contribution in [0.3, 0.4) is 0 Å². The van der Waals surface area contributed by atoms with Crippen LogP contribution in [-0.4, -0.2) is 11.6 Å². The number of unbranched alkanes of at least 4 members (excludes halogenated alkanes) is 2. The van der Waals surface area contributed by atoms with Gasteiger partial charge in [-0.3, -0.25) is 0 Å². The summed E-state index contributed by atoms with van der Waals surface area (Å²) >= 11 is 0. The molecule has 0 amide bonds. The minimum Gasteiger partial charge on any atom is -0.490 e. The van der Waals surface area contributed by atoms with Gasteiger partial charge in [0.25, 0.3) is 0 Å². The van der Waals surface area contributed by atoms with Crippen molar-refractivity contribution in [3.05, 3.63) is 60.4 Å². The van der Waals surface area contributed by atoms with Crippen LogP contribution in [0.2, 0.25) is 0 Å². The maximum Gasteiger partial charge on any atom is 0.140 e. The molecule has 0 aliphatic heterocycles. The van der Waals surface area contributed by atoms with Gasteiger partial charge in [0.05, 0.1) is 0 Å². The largest absolute Gasteiger partial charge is 0.490 e. The Morgan fingerprint density at radius 3 is 2.50 bits per heavy atom. The molecule has 0 N–H and O–H groups in total. The monoisotopic (exact) mass is 292 g/mol. The SMILES string of the molecule is CCCCC=CCOc1ccc(-c2ccc(C#N)nc2)cc1. The second-order valence-electron chi connectivity index (χ2n) is 4.99. The molecule has 0 aliphatic rings. The highest BCUT2D eigenvalue weighted by Gasteiger charge is 2.00. The Kier molecular flexibility index (Phi) is 6.19. The fourth-order valence-electron chi connectivity index (χ4n) is 2.03. The lowest BCUT2D eigenvalue weighted by Crippen LogP contribution is -1.93. The fraction of sp³-hybridized carbons (Fsp3) is 0.263. The first-order valence-corrected chi connectivity index (χ1v) is 7.58. The molecule has 112 valence electrons. The highest BCUT2D eigenvalue weighted by molar-refractivity contribution is 5.63. The zero-order valence-electron chi connectivity index (χ0n) is 12.8. The molecule has 0 aliphatic carbocycles. The molecule has 0 saturated heterocycles. The van der Waals surface area contributed by atoms with Crippen LogP contribution in [0.25, 0.3) is 11.1 Å². The van der Waals surface area contributed by atoms with Crippen LogP contribution in [0, 0.1) is 11.3 Å². The van der Waals surface area contributed by atoms with Crippen molar-refractivity contribution in [2.75, 3.05) is 6.61 Å². The number of nitrogens with zero attached hydrogens (tertiary/aromatic N) is 2. The molecular formula is C19H20N2O. The van der Waals surface area contributed by atoms with Crippen molar-refractivity contribution in [1.82, 2.24) is 4.98 Å². The summed E-state index contributed by atoms with van der Waals surface area (Å²) in [5, 5.41) is 8.75. The first kappa shape index (κ1) is 15.8. The third-order valence-electron chi connectivity index (χ3n) is 3.30. The van der Waals surface area contributed by atoms with Crippen molar-refractivity contribution in [2.45, 2.75) is 26.2 Å². The van der Waals surface area contributed by atoms with Crippen LogP contribution in [-0.2, 0) is 0 Å². The standard InChI is InChI=1S/C19H20N2O/c1-2-3-4-5-6-13-22-19-11-8-16(9-12-19)17-7-10-18(14-20)21-15-17/h5-12,15H,2-4,13H2,1H3. The van der Waals surface area contributed by atoms with Crippen LogP contribution in [0.1, 0.15) is 31.9 Å². The van der Waals surface area contributed by atoms with E-state index in [0.717, 1.165) is 23.3 Å². The first-order valence-electron chi connectivity index (χ1n) is 7.58. The summed E-state index contributed by atoms with van der Waals surface area (Å²) in [5.74, 6) is 0.852. The zero-order valence-corrected chi connectivity index (χ0v) is 12.8. The highest BCUT2D eigenvalue weighted by atomic mass is 16.5. The van der Waals surface area contributed by atoms with Gasteiger partial charge in [0.2, 0.25) is 0 Å². The van der Waals surface area contributed by atoms with Gasteiger partial charge in [-0.05, 0) is 36.2 Å². The molecule has 3 nitrogen and oxygen atoms in total. The van der Waals surface area contributed by atoms with E-state index in [1.165, 1.54) is 12.8 Å². The molecule has 22 heavy (non-hydrogen) atoms. The number of allylic oxidation sites excluding steroid dienone is 1. The van der Waals surface area contributed by atoms with Crippen molar-refractivity contribution in [2.24, 2.45) is 0 Å². The van der Waals surface area contributed by atoms with E-state index in [2.05, 4.69) is 24.1 Å². The fourth-order valence-corrected chi connectivity index (χ4v) is 2.03. The molecule has 0 bridgehead atoms.